The first-order valence-electron chi connectivity index (χ1n) is 8.97. The number of nitrogens with one attached hydrogen (secondary N) is 1. The van der Waals surface area contributed by atoms with E-state index in [2.05, 4.69) is 36.9 Å². The average molecular weight is 289 g/mol. The van der Waals surface area contributed by atoms with E-state index in [-0.39, 0.29) is 0 Å². The maximum Gasteiger partial charge on any atom is 0.203 e. The standard InChI is InChI=1S/C18H31N3/c1-13(2)16-10-6-7-11-17(16)21-12-14(3)19-18(21)20-15-8-4-5-9-15/h12-13,15-17H,4-11H2,1-3H3,(H,19,20). The number of aryl methyl sites for hydroxylation is 1. The van der Waals surface area contributed by atoms with E-state index in [1.54, 1.807) is 0 Å². The van der Waals surface area contributed by atoms with E-state index in [0.717, 1.165) is 23.5 Å². The van der Waals surface area contributed by atoms with Crippen molar-refractivity contribution in [2.75, 3.05) is 5.32 Å². The van der Waals surface area contributed by atoms with Crippen LogP contribution in [0.2, 0.25) is 0 Å². The summed E-state index contributed by atoms with van der Waals surface area (Å²) in [4.78, 5) is 4.79. The Labute approximate surface area is 129 Å². The fourth-order valence-electron chi connectivity index (χ4n) is 4.39. The van der Waals surface area contributed by atoms with Gasteiger partial charge in [-0.1, -0.05) is 39.5 Å². The largest absolute Gasteiger partial charge is 0.353 e. The lowest BCUT2D eigenvalue weighted by molar-refractivity contribution is 0.185. The average Bonchev–Trinajstić information content (AvgIpc) is 3.09. The second-order valence-electron chi connectivity index (χ2n) is 7.50. The van der Waals surface area contributed by atoms with Gasteiger partial charge in [-0.15, -0.1) is 0 Å². The van der Waals surface area contributed by atoms with Crippen LogP contribution in [0.25, 0.3) is 0 Å². The van der Waals surface area contributed by atoms with Crippen LogP contribution in [-0.2, 0) is 0 Å². The van der Waals surface area contributed by atoms with Crippen LogP contribution in [0.4, 0.5) is 5.95 Å². The molecule has 2 fully saturated rings. The molecule has 2 aliphatic rings. The van der Waals surface area contributed by atoms with Crippen molar-refractivity contribution in [3.63, 3.8) is 0 Å². The lowest BCUT2D eigenvalue weighted by Crippen LogP contribution is -2.29. The summed E-state index contributed by atoms with van der Waals surface area (Å²) in [6.45, 7) is 6.90. The normalized spacial score (nSPS) is 27.4. The van der Waals surface area contributed by atoms with Gasteiger partial charge in [-0.2, -0.15) is 0 Å². The predicted molar refractivity (Wildman–Crippen MR) is 88.7 cm³/mol. The summed E-state index contributed by atoms with van der Waals surface area (Å²) >= 11 is 0. The van der Waals surface area contributed by atoms with Crippen molar-refractivity contribution in [2.45, 2.75) is 84.2 Å². The zero-order valence-electron chi connectivity index (χ0n) is 13.9. The molecule has 1 aromatic heterocycles. The van der Waals surface area contributed by atoms with Crippen LogP contribution in [0.5, 0.6) is 0 Å². The van der Waals surface area contributed by atoms with Gasteiger partial charge in [-0.25, -0.2) is 4.98 Å². The van der Waals surface area contributed by atoms with Gasteiger partial charge in [-0.05, 0) is 44.4 Å². The molecule has 118 valence electrons. The number of nitrogens with zero attached hydrogens (tertiary/aromatic N) is 2. The number of anilines is 1. The third kappa shape index (κ3) is 3.27. The Bertz CT molecular complexity index is 457. The number of hydrogen-bond donors (Lipinski definition) is 1. The minimum Gasteiger partial charge on any atom is -0.353 e. The number of hydrogen-bond acceptors (Lipinski definition) is 2. The molecule has 2 unspecified atom stereocenters. The van der Waals surface area contributed by atoms with Crippen LogP contribution in [0, 0.1) is 18.8 Å². The molecule has 0 amide bonds. The molecule has 0 radical (unpaired) electrons. The molecule has 0 bridgehead atoms. The van der Waals surface area contributed by atoms with Gasteiger partial charge in [0.25, 0.3) is 0 Å². The van der Waals surface area contributed by atoms with Gasteiger partial charge >= 0.3 is 0 Å². The number of imidazole rings is 1. The minimum absolute atomic E-state index is 0.642. The zero-order chi connectivity index (χ0) is 14.8. The Morgan fingerprint density at radius 2 is 1.76 bits per heavy atom. The molecule has 3 rings (SSSR count). The summed E-state index contributed by atoms with van der Waals surface area (Å²) in [5.74, 6) is 2.70. The molecule has 21 heavy (non-hydrogen) atoms. The first kappa shape index (κ1) is 14.9. The van der Waals surface area contributed by atoms with Crippen molar-refractivity contribution in [2.24, 2.45) is 11.8 Å². The summed E-state index contributed by atoms with van der Waals surface area (Å²) in [7, 11) is 0. The van der Waals surface area contributed by atoms with Gasteiger partial charge in [-0.3, -0.25) is 0 Å². The van der Waals surface area contributed by atoms with Gasteiger partial charge in [0.15, 0.2) is 0 Å². The van der Waals surface area contributed by atoms with E-state index in [1.807, 2.05) is 0 Å². The van der Waals surface area contributed by atoms with Crippen molar-refractivity contribution in [3.8, 4) is 0 Å². The van der Waals surface area contributed by atoms with Crippen molar-refractivity contribution in [1.29, 1.82) is 0 Å². The van der Waals surface area contributed by atoms with Crippen LogP contribution in [-0.4, -0.2) is 15.6 Å². The molecular formula is C18H31N3. The SMILES string of the molecule is Cc1cn(C2CCCCC2C(C)C)c(NC2CCCC2)n1. The molecule has 0 spiro atoms. The summed E-state index contributed by atoms with van der Waals surface area (Å²) in [6, 6.07) is 1.29. The summed E-state index contributed by atoms with van der Waals surface area (Å²) < 4.78 is 2.48. The molecular weight excluding hydrogens is 258 g/mol. The summed E-state index contributed by atoms with van der Waals surface area (Å²) in [5, 5.41) is 3.74. The van der Waals surface area contributed by atoms with Crippen LogP contribution in [0.1, 0.15) is 76.9 Å². The molecule has 0 aliphatic heterocycles. The Kier molecular flexibility index (Phi) is 4.56. The molecule has 1 aromatic rings. The first-order valence-corrected chi connectivity index (χ1v) is 8.97. The second kappa shape index (κ2) is 6.41. The van der Waals surface area contributed by atoms with Gasteiger partial charge in [0.2, 0.25) is 5.95 Å². The lowest BCUT2D eigenvalue weighted by atomic mass is 9.77. The fourth-order valence-corrected chi connectivity index (χ4v) is 4.39. The highest BCUT2D eigenvalue weighted by atomic mass is 15.2. The van der Waals surface area contributed by atoms with Crippen LogP contribution in [0.3, 0.4) is 0 Å². The maximum absolute atomic E-state index is 4.79. The van der Waals surface area contributed by atoms with E-state index >= 15 is 0 Å². The fraction of sp³-hybridized carbons (Fsp3) is 0.833. The third-order valence-corrected chi connectivity index (χ3v) is 5.54. The Hall–Kier alpha value is -0.990. The van der Waals surface area contributed by atoms with E-state index in [1.165, 1.54) is 51.4 Å². The van der Waals surface area contributed by atoms with Gasteiger partial charge in [0.1, 0.15) is 0 Å². The highest BCUT2D eigenvalue weighted by Crippen LogP contribution is 2.40. The zero-order valence-corrected chi connectivity index (χ0v) is 13.9. The smallest absolute Gasteiger partial charge is 0.203 e. The number of aromatic nitrogens is 2. The van der Waals surface area contributed by atoms with E-state index in [0.29, 0.717) is 12.1 Å². The Balaban J connectivity index is 1.82. The Morgan fingerprint density at radius 1 is 1.10 bits per heavy atom. The van der Waals surface area contributed by atoms with Crippen molar-refractivity contribution in [3.05, 3.63) is 11.9 Å². The molecule has 0 aromatic carbocycles. The molecule has 3 nitrogen and oxygen atoms in total. The van der Waals surface area contributed by atoms with Gasteiger partial charge < -0.3 is 9.88 Å². The molecule has 1 N–H and O–H groups in total. The quantitative estimate of drug-likeness (QED) is 0.851. The van der Waals surface area contributed by atoms with E-state index in [4.69, 9.17) is 4.98 Å². The monoisotopic (exact) mass is 289 g/mol. The van der Waals surface area contributed by atoms with Crippen molar-refractivity contribution < 1.29 is 0 Å². The lowest BCUT2D eigenvalue weighted by Gasteiger charge is -2.36. The molecule has 2 aliphatic carbocycles. The van der Waals surface area contributed by atoms with Crippen LogP contribution < -0.4 is 5.32 Å². The van der Waals surface area contributed by atoms with Gasteiger partial charge in [0, 0.05) is 18.3 Å². The first-order chi connectivity index (χ1) is 10.1. The molecule has 2 saturated carbocycles. The van der Waals surface area contributed by atoms with E-state index in [9.17, 15) is 0 Å². The van der Waals surface area contributed by atoms with Crippen LogP contribution in [0.15, 0.2) is 6.20 Å². The predicted octanol–water partition coefficient (Wildman–Crippen LogP) is 4.93. The van der Waals surface area contributed by atoms with Crippen LogP contribution >= 0.6 is 0 Å². The minimum atomic E-state index is 0.642. The van der Waals surface area contributed by atoms with Crippen molar-refractivity contribution >= 4 is 5.95 Å². The van der Waals surface area contributed by atoms with Crippen molar-refractivity contribution in [1.82, 2.24) is 9.55 Å². The van der Waals surface area contributed by atoms with E-state index < -0.39 is 0 Å². The topological polar surface area (TPSA) is 29.9 Å². The summed E-state index contributed by atoms with van der Waals surface area (Å²) in [5.41, 5.74) is 1.16. The number of rotatable bonds is 4. The Morgan fingerprint density at radius 3 is 2.48 bits per heavy atom. The highest BCUT2D eigenvalue weighted by Gasteiger charge is 2.31. The van der Waals surface area contributed by atoms with Gasteiger partial charge in [0.05, 0.1) is 5.69 Å². The molecule has 1 heterocycles. The highest BCUT2D eigenvalue weighted by molar-refractivity contribution is 5.31. The maximum atomic E-state index is 4.79. The summed E-state index contributed by atoms with van der Waals surface area (Å²) in [6.07, 6.45) is 13.1. The molecule has 0 saturated heterocycles. The molecule has 3 heteroatoms. The second-order valence-corrected chi connectivity index (χ2v) is 7.50. The molecule has 2 atom stereocenters. The third-order valence-electron chi connectivity index (χ3n) is 5.54.